The van der Waals surface area contributed by atoms with Gasteiger partial charge in [-0.3, -0.25) is 4.79 Å². The van der Waals surface area contributed by atoms with Crippen LogP contribution in [0.4, 0.5) is 0 Å². The molecule has 1 aliphatic carbocycles. The molecule has 0 radical (unpaired) electrons. The predicted octanol–water partition coefficient (Wildman–Crippen LogP) is 3.68. The van der Waals surface area contributed by atoms with Gasteiger partial charge in [0.1, 0.15) is 5.75 Å². The zero-order valence-corrected chi connectivity index (χ0v) is 11.7. The Morgan fingerprint density at radius 2 is 2.00 bits per heavy atom. The summed E-state index contributed by atoms with van der Waals surface area (Å²) in [5, 5.41) is 9.28. The SMILES string of the molecule is COc1ccc(C)cc1C1(CC(=O)O)CCCCC1. The van der Waals surface area contributed by atoms with Crippen LogP contribution in [0.1, 0.15) is 49.7 Å². The molecule has 0 saturated heterocycles. The van der Waals surface area contributed by atoms with Crippen LogP contribution >= 0.6 is 0 Å². The first-order chi connectivity index (χ1) is 9.07. The second-order valence-electron chi connectivity index (χ2n) is 5.62. The summed E-state index contributed by atoms with van der Waals surface area (Å²) in [7, 11) is 1.66. The number of carbonyl (C=O) groups is 1. The first-order valence-electron chi connectivity index (χ1n) is 6.94. The molecule has 3 nitrogen and oxygen atoms in total. The van der Waals surface area contributed by atoms with Crippen molar-refractivity contribution in [2.75, 3.05) is 7.11 Å². The van der Waals surface area contributed by atoms with Crippen LogP contribution in [0.2, 0.25) is 0 Å². The molecular formula is C16H22O3. The Morgan fingerprint density at radius 1 is 1.32 bits per heavy atom. The third-order valence-electron chi connectivity index (χ3n) is 4.23. The number of carboxylic acids is 1. The Morgan fingerprint density at radius 3 is 2.58 bits per heavy atom. The summed E-state index contributed by atoms with van der Waals surface area (Å²) in [6, 6.07) is 6.08. The third-order valence-corrected chi connectivity index (χ3v) is 4.23. The van der Waals surface area contributed by atoms with E-state index in [1.54, 1.807) is 7.11 Å². The highest BCUT2D eigenvalue weighted by Crippen LogP contribution is 2.46. The van der Waals surface area contributed by atoms with Crippen molar-refractivity contribution in [2.45, 2.75) is 50.9 Å². The Kier molecular flexibility index (Phi) is 4.13. The molecule has 0 atom stereocenters. The Labute approximate surface area is 114 Å². The van der Waals surface area contributed by atoms with E-state index in [1.807, 2.05) is 19.1 Å². The molecule has 1 aromatic rings. The van der Waals surface area contributed by atoms with Crippen LogP contribution in [0.15, 0.2) is 18.2 Å². The lowest BCUT2D eigenvalue weighted by molar-refractivity contribution is -0.138. The van der Waals surface area contributed by atoms with E-state index in [0.29, 0.717) is 0 Å². The van der Waals surface area contributed by atoms with Gasteiger partial charge in [-0.05, 0) is 25.8 Å². The van der Waals surface area contributed by atoms with Gasteiger partial charge in [-0.2, -0.15) is 0 Å². The third kappa shape index (κ3) is 2.91. The normalized spacial score (nSPS) is 18.0. The van der Waals surface area contributed by atoms with E-state index in [9.17, 15) is 9.90 Å². The van der Waals surface area contributed by atoms with Gasteiger partial charge in [-0.1, -0.05) is 37.0 Å². The number of aryl methyl sites for hydroxylation is 1. The molecule has 0 aromatic heterocycles. The summed E-state index contributed by atoms with van der Waals surface area (Å²) in [5.41, 5.74) is 1.99. The van der Waals surface area contributed by atoms with Crippen LogP contribution < -0.4 is 4.74 Å². The lowest BCUT2D eigenvalue weighted by Gasteiger charge is -2.37. The largest absolute Gasteiger partial charge is 0.496 e. The Hall–Kier alpha value is -1.51. The summed E-state index contributed by atoms with van der Waals surface area (Å²) >= 11 is 0. The van der Waals surface area contributed by atoms with E-state index in [4.69, 9.17) is 4.74 Å². The zero-order valence-electron chi connectivity index (χ0n) is 11.7. The first-order valence-corrected chi connectivity index (χ1v) is 6.94. The quantitative estimate of drug-likeness (QED) is 0.900. The molecule has 0 unspecified atom stereocenters. The second kappa shape index (κ2) is 5.64. The van der Waals surface area contributed by atoms with Crippen LogP contribution in [0.3, 0.4) is 0 Å². The molecule has 0 aliphatic heterocycles. The van der Waals surface area contributed by atoms with E-state index in [1.165, 1.54) is 6.42 Å². The number of benzene rings is 1. The molecule has 0 spiro atoms. The molecule has 1 aliphatic rings. The molecule has 19 heavy (non-hydrogen) atoms. The van der Waals surface area contributed by atoms with Gasteiger partial charge in [-0.25, -0.2) is 0 Å². The summed E-state index contributed by atoms with van der Waals surface area (Å²) in [5.74, 6) is 0.110. The van der Waals surface area contributed by atoms with E-state index < -0.39 is 5.97 Å². The van der Waals surface area contributed by atoms with E-state index in [-0.39, 0.29) is 11.8 Å². The van der Waals surface area contributed by atoms with Crippen molar-refractivity contribution in [1.29, 1.82) is 0 Å². The van der Waals surface area contributed by atoms with Gasteiger partial charge in [0.05, 0.1) is 13.5 Å². The summed E-state index contributed by atoms with van der Waals surface area (Å²) < 4.78 is 5.47. The van der Waals surface area contributed by atoms with E-state index in [0.717, 1.165) is 42.6 Å². The van der Waals surface area contributed by atoms with Crippen LogP contribution in [0.5, 0.6) is 5.75 Å². The van der Waals surface area contributed by atoms with Gasteiger partial charge in [0, 0.05) is 11.0 Å². The topological polar surface area (TPSA) is 46.5 Å². The summed E-state index contributed by atoms with van der Waals surface area (Å²) in [6.45, 7) is 2.04. The van der Waals surface area contributed by atoms with Crippen molar-refractivity contribution < 1.29 is 14.6 Å². The lowest BCUT2D eigenvalue weighted by atomic mass is 9.67. The van der Waals surface area contributed by atoms with Crippen molar-refractivity contribution >= 4 is 5.97 Å². The van der Waals surface area contributed by atoms with Gasteiger partial charge in [0.25, 0.3) is 0 Å². The molecule has 1 saturated carbocycles. The van der Waals surface area contributed by atoms with Crippen LogP contribution in [0.25, 0.3) is 0 Å². The molecule has 1 aromatic carbocycles. The Balaban J connectivity index is 2.47. The molecule has 104 valence electrons. The average molecular weight is 262 g/mol. The maximum atomic E-state index is 11.3. The molecule has 1 N–H and O–H groups in total. The average Bonchev–Trinajstić information content (AvgIpc) is 2.39. The fraction of sp³-hybridized carbons (Fsp3) is 0.562. The number of methoxy groups -OCH3 is 1. The van der Waals surface area contributed by atoms with Gasteiger partial charge in [-0.15, -0.1) is 0 Å². The number of rotatable bonds is 4. The molecule has 2 rings (SSSR count). The Bertz CT molecular complexity index is 459. The fourth-order valence-corrected chi connectivity index (χ4v) is 3.30. The highest BCUT2D eigenvalue weighted by molar-refractivity contribution is 5.69. The van der Waals surface area contributed by atoms with Gasteiger partial charge in [0.2, 0.25) is 0 Å². The number of hydrogen-bond donors (Lipinski definition) is 1. The van der Waals surface area contributed by atoms with Crippen molar-refractivity contribution in [3.8, 4) is 5.75 Å². The maximum Gasteiger partial charge on any atom is 0.304 e. The smallest absolute Gasteiger partial charge is 0.304 e. The van der Waals surface area contributed by atoms with E-state index in [2.05, 4.69) is 6.07 Å². The van der Waals surface area contributed by atoms with Crippen molar-refractivity contribution in [3.63, 3.8) is 0 Å². The van der Waals surface area contributed by atoms with Crippen molar-refractivity contribution in [1.82, 2.24) is 0 Å². The van der Waals surface area contributed by atoms with Crippen LogP contribution in [-0.2, 0) is 10.2 Å². The molecule has 0 heterocycles. The minimum absolute atomic E-state index is 0.201. The second-order valence-corrected chi connectivity index (χ2v) is 5.62. The molecular weight excluding hydrogens is 240 g/mol. The fourth-order valence-electron chi connectivity index (χ4n) is 3.30. The van der Waals surface area contributed by atoms with Crippen LogP contribution in [0, 0.1) is 6.92 Å². The number of aliphatic carboxylic acids is 1. The first kappa shape index (κ1) is 13.9. The van der Waals surface area contributed by atoms with Gasteiger partial charge >= 0.3 is 5.97 Å². The summed E-state index contributed by atoms with van der Waals surface area (Å²) in [6.07, 6.45) is 5.50. The van der Waals surface area contributed by atoms with Gasteiger partial charge in [0.15, 0.2) is 0 Å². The van der Waals surface area contributed by atoms with E-state index >= 15 is 0 Å². The molecule has 0 amide bonds. The van der Waals surface area contributed by atoms with Gasteiger partial charge < -0.3 is 9.84 Å². The van der Waals surface area contributed by atoms with Crippen molar-refractivity contribution in [2.24, 2.45) is 0 Å². The minimum Gasteiger partial charge on any atom is -0.496 e. The standard InChI is InChI=1S/C16H22O3/c1-12-6-7-14(19-2)13(10-12)16(11-15(17)18)8-4-3-5-9-16/h6-7,10H,3-5,8-9,11H2,1-2H3,(H,17,18). The number of carboxylic acid groups (broad SMARTS) is 1. The maximum absolute atomic E-state index is 11.3. The highest BCUT2D eigenvalue weighted by atomic mass is 16.5. The molecule has 1 fully saturated rings. The molecule has 3 heteroatoms. The van der Waals surface area contributed by atoms with Crippen molar-refractivity contribution in [3.05, 3.63) is 29.3 Å². The highest BCUT2D eigenvalue weighted by Gasteiger charge is 2.38. The minimum atomic E-state index is -0.717. The predicted molar refractivity (Wildman–Crippen MR) is 74.7 cm³/mol. The summed E-state index contributed by atoms with van der Waals surface area (Å²) in [4.78, 5) is 11.3. The number of ether oxygens (including phenoxy) is 1. The molecule has 0 bridgehead atoms. The monoisotopic (exact) mass is 262 g/mol. The lowest BCUT2D eigenvalue weighted by Crippen LogP contribution is -2.32. The zero-order chi connectivity index (χ0) is 13.9. The van der Waals surface area contributed by atoms with Crippen LogP contribution in [-0.4, -0.2) is 18.2 Å². The number of hydrogen-bond acceptors (Lipinski definition) is 2.